The van der Waals surface area contributed by atoms with Crippen molar-refractivity contribution in [2.24, 2.45) is 5.73 Å². The number of nitrogens with one attached hydrogen (secondary N) is 1. The van der Waals surface area contributed by atoms with Gasteiger partial charge in [0.1, 0.15) is 11.5 Å². The van der Waals surface area contributed by atoms with E-state index in [1.807, 2.05) is 13.0 Å². The van der Waals surface area contributed by atoms with Crippen molar-refractivity contribution in [2.45, 2.75) is 17.7 Å². The molecule has 0 amide bonds. The molecule has 0 radical (unpaired) electrons. The maximum absolute atomic E-state index is 13.2. The molecule has 0 bridgehead atoms. The Morgan fingerprint density at radius 3 is 2.17 bits per heavy atom. The van der Waals surface area contributed by atoms with E-state index in [2.05, 4.69) is 10.8 Å². The molecule has 0 aliphatic carbocycles. The minimum Gasteiger partial charge on any atom is -0.466 e. The standard InChI is InChI=1S/C29H26N4O6S/c1-18-8-7-11-20(16-18)32-40(36,37)22-14-12-21(13-15-22)33-26(29(35)39-3)25(28(34)38-2)24(23(17-30)27(33)31)19-9-5-4-6-10-19/h4-16,24,32H,31H2,1-3H3. The largest absolute Gasteiger partial charge is 0.466 e. The van der Waals surface area contributed by atoms with Gasteiger partial charge in [0.05, 0.1) is 42.2 Å². The molecule has 1 heterocycles. The Hall–Kier alpha value is -5.08. The summed E-state index contributed by atoms with van der Waals surface area (Å²) in [6.07, 6.45) is 0. The van der Waals surface area contributed by atoms with E-state index in [0.29, 0.717) is 11.3 Å². The summed E-state index contributed by atoms with van der Waals surface area (Å²) in [6, 6.07) is 23.1. The highest BCUT2D eigenvalue weighted by atomic mass is 32.2. The van der Waals surface area contributed by atoms with Gasteiger partial charge in [-0.2, -0.15) is 5.26 Å². The van der Waals surface area contributed by atoms with Crippen molar-refractivity contribution in [1.29, 1.82) is 5.26 Å². The lowest BCUT2D eigenvalue weighted by Gasteiger charge is -2.35. The van der Waals surface area contributed by atoms with Crippen LogP contribution < -0.4 is 15.4 Å². The zero-order valence-corrected chi connectivity index (χ0v) is 22.7. The van der Waals surface area contributed by atoms with Gasteiger partial charge in [-0.25, -0.2) is 18.0 Å². The summed E-state index contributed by atoms with van der Waals surface area (Å²) in [4.78, 5) is 27.4. The maximum Gasteiger partial charge on any atom is 0.355 e. The van der Waals surface area contributed by atoms with E-state index in [4.69, 9.17) is 15.2 Å². The second-order valence-corrected chi connectivity index (χ2v) is 10.5. The van der Waals surface area contributed by atoms with Crippen LogP contribution in [0.3, 0.4) is 0 Å². The highest BCUT2D eigenvalue weighted by Gasteiger charge is 2.43. The fraction of sp³-hybridized carbons (Fsp3) is 0.138. The summed E-state index contributed by atoms with van der Waals surface area (Å²) < 4.78 is 38.6. The average Bonchev–Trinajstić information content (AvgIpc) is 2.96. The third kappa shape index (κ3) is 5.25. The Morgan fingerprint density at radius 1 is 0.950 bits per heavy atom. The van der Waals surface area contributed by atoms with E-state index in [1.165, 1.54) is 29.2 Å². The first-order chi connectivity index (χ1) is 19.1. The zero-order chi connectivity index (χ0) is 29.0. The normalized spacial score (nSPS) is 15.3. The van der Waals surface area contributed by atoms with Crippen LogP contribution in [-0.4, -0.2) is 34.6 Å². The summed E-state index contributed by atoms with van der Waals surface area (Å²) in [5.41, 5.74) is 8.10. The van der Waals surface area contributed by atoms with Crippen LogP contribution in [-0.2, 0) is 29.1 Å². The van der Waals surface area contributed by atoms with Gasteiger partial charge in [-0.1, -0.05) is 42.5 Å². The van der Waals surface area contributed by atoms with E-state index in [-0.39, 0.29) is 33.2 Å². The van der Waals surface area contributed by atoms with Crippen molar-refractivity contribution >= 4 is 33.3 Å². The number of hydrogen-bond acceptors (Lipinski definition) is 9. The van der Waals surface area contributed by atoms with Crippen LogP contribution in [0, 0.1) is 18.3 Å². The van der Waals surface area contributed by atoms with Crippen LogP contribution in [0.1, 0.15) is 17.0 Å². The summed E-state index contributed by atoms with van der Waals surface area (Å²) >= 11 is 0. The van der Waals surface area contributed by atoms with Gasteiger partial charge in [-0.05, 0) is 54.4 Å². The molecule has 1 aliphatic heterocycles. The first-order valence-electron chi connectivity index (χ1n) is 12.0. The zero-order valence-electron chi connectivity index (χ0n) is 21.9. The lowest BCUT2D eigenvalue weighted by molar-refractivity contribution is -0.139. The number of anilines is 2. The molecule has 4 rings (SSSR count). The van der Waals surface area contributed by atoms with Crippen molar-refractivity contribution in [2.75, 3.05) is 23.8 Å². The van der Waals surface area contributed by atoms with E-state index in [1.54, 1.807) is 48.5 Å². The predicted octanol–water partition coefficient (Wildman–Crippen LogP) is 3.69. The van der Waals surface area contributed by atoms with Crippen LogP contribution in [0.15, 0.2) is 106 Å². The van der Waals surface area contributed by atoms with Gasteiger partial charge < -0.3 is 15.2 Å². The molecule has 0 fully saturated rings. The molecule has 1 aliphatic rings. The summed E-state index contributed by atoms with van der Waals surface area (Å²) in [5.74, 6) is -2.90. The lowest BCUT2D eigenvalue weighted by atomic mass is 9.81. The molecule has 3 N–H and O–H groups in total. The molecule has 0 saturated heterocycles. The Balaban J connectivity index is 1.86. The number of sulfonamides is 1. The van der Waals surface area contributed by atoms with E-state index in [9.17, 15) is 23.3 Å². The second-order valence-electron chi connectivity index (χ2n) is 8.80. The van der Waals surface area contributed by atoms with Crippen molar-refractivity contribution in [3.05, 3.63) is 113 Å². The minimum absolute atomic E-state index is 0.00272. The number of carbonyl (C=O) groups excluding carboxylic acids is 2. The van der Waals surface area contributed by atoms with Gasteiger partial charge in [0.2, 0.25) is 0 Å². The molecule has 1 atom stereocenters. The molecule has 1 unspecified atom stereocenters. The third-order valence-corrected chi connectivity index (χ3v) is 7.68. The SMILES string of the molecule is COC(=O)C1=C(C(=O)OC)N(c2ccc(S(=O)(=O)Nc3cccc(C)c3)cc2)C(N)=C(C#N)C1c1ccccc1. The fourth-order valence-electron chi connectivity index (χ4n) is 4.48. The van der Waals surface area contributed by atoms with Gasteiger partial charge in [0.15, 0.2) is 0 Å². The average molecular weight is 559 g/mol. The molecular formula is C29H26N4O6S. The number of carbonyl (C=O) groups is 2. The van der Waals surface area contributed by atoms with Crippen LogP contribution in [0.2, 0.25) is 0 Å². The number of allylic oxidation sites excluding steroid dienone is 1. The molecule has 3 aromatic carbocycles. The number of nitriles is 1. The van der Waals surface area contributed by atoms with Gasteiger partial charge in [-0.15, -0.1) is 0 Å². The number of rotatable bonds is 7. The van der Waals surface area contributed by atoms with Crippen molar-refractivity contribution in [3.63, 3.8) is 0 Å². The smallest absolute Gasteiger partial charge is 0.355 e. The predicted molar refractivity (Wildman–Crippen MR) is 148 cm³/mol. The topological polar surface area (TPSA) is 152 Å². The van der Waals surface area contributed by atoms with E-state index < -0.39 is 27.9 Å². The number of nitrogens with two attached hydrogens (primary N) is 1. The minimum atomic E-state index is -3.96. The number of methoxy groups -OCH3 is 2. The van der Waals surface area contributed by atoms with Gasteiger partial charge in [0.25, 0.3) is 10.0 Å². The first-order valence-corrected chi connectivity index (χ1v) is 13.5. The fourth-order valence-corrected chi connectivity index (χ4v) is 5.53. The van der Waals surface area contributed by atoms with Crippen LogP contribution in [0.5, 0.6) is 0 Å². The summed E-state index contributed by atoms with van der Waals surface area (Å²) in [5, 5.41) is 10.1. The molecule has 3 aromatic rings. The summed E-state index contributed by atoms with van der Waals surface area (Å²) in [7, 11) is -1.65. The van der Waals surface area contributed by atoms with Crippen molar-refractivity contribution < 1.29 is 27.5 Å². The molecule has 0 aromatic heterocycles. The Labute approximate surface area is 232 Å². The van der Waals surface area contributed by atoms with E-state index >= 15 is 0 Å². The number of hydrogen-bond donors (Lipinski definition) is 2. The lowest BCUT2D eigenvalue weighted by Crippen LogP contribution is -2.40. The van der Waals surface area contributed by atoms with Gasteiger partial charge in [0, 0.05) is 11.4 Å². The number of aryl methyl sites for hydroxylation is 1. The van der Waals surface area contributed by atoms with Crippen molar-refractivity contribution in [3.8, 4) is 6.07 Å². The number of benzene rings is 3. The maximum atomic E-state index is 13.2. The monoisotopic (exact) mass is 558 g/mol. The van der Waals surface area contributed by atoms with Crippen molar-refractivity contribution in [1.82, 2.24) is 0 Å². The molecule has 204 valence electrons. The van der Waals surface area contributed by atoms with Crippen LogP contribution in [0.25, 0.3) is 0 Å². The first kappa shape index (κ1) is 27.9. The quantitative estimate of drug-likeness (QED) is 0.414. The van der Waals surface area contributed by atoms with Gasteiger partial charge in [-0.3, -0.25) is 9.62 Å². The summed E-state index contributed by atoms with van der Waals surface area (Å²) in [6.45, 7) is 1.84. The number of ether oxygens (including phenoxy) is 2. The van der Waals surface area contributed by atoms with Crippen LogP contribution >= 0.6 is 0 Å². The third-order valence-electron chi connectivity index (χ3n) is 6.29. The number of nitrogens with zero attached hydrogens (tertiary/aromatic N) is 2. The molecular weight excluding hydrogens is 532 g/mol. The highest BCUT2D eigenvalue weighted by Crippen LogP contribution is 2.43. The second kappa shape index (κ2) is 11.3. The van der Waals surface area contributed by atoms with Crippen LogP contribution in [0.4, 0.5) is 11.4 Å². The molecule has 10 nitrogen and oxygen atoms in total. The Morgan fingerprint density at radius 2 is 1.60 bits per heavy atom. The Bertz CT molecular complexity index is 1670. The molecule has 0 spiro atoms. The number of esters is 2. The molecule has 0 saturated carbocycles. The molecule has 11 heteroatoms. The van der Waals surface area contributed by atoms with Gasteiger partial charge >= 0.3 is 11.9 Å². The Kier molecular flexibility index (Phi) is 7.93. The highest BCUT2D eigenvalue weighted by molar-refractivity contribution is 7.92. The van der Waals surface area contributed by atoms with E-state index in [0.717, 1.165) is 19.8 Å². The molecule has 40 heavy (non-hydrogen) atoms.